The summed E-state index contributed by atoms with van der Waals surface area (Å²) >= 11 is 12.2. The second-order valence-electron chi connectivity index (χ2n) is 7.56. The molecule has 1 aliphatic heterocycles. The first-order valence-electron chi connectivity index (χ1n) is 10.0. The van der Waals surface area contributed by atoms with Crippen molar-refractivity contribution in [1.82, 2.24) is 13.9 Å². The maximum Gasteiger partial charge on any atom is 0.269 e. The molecule has 3 aromatic carbocycles. The fraction of sp³-hybridized carbons (Fsp3) is 0.0870. The SMILES string of the molecule is O=C1c2ccccc2C(=O)N1CCc1nc2cc(Cl)c(Cl)cc2n1S(=O)(=O)c1ccc(F)cc1. The number of imidazole rings is 1. The van der Waals surface area contributed by atoms with Gasteiger partial charge in [0.1, 0.15) is 11.6 Å². The molecule has 0 radical (unpaired) electrons. The van der Waals surface area contributed by atoms with E-state index in [1.165, 1.54) is 12.1 Å². The summed E-state index contributed by atoms with van der Waals surface area (Å²) in [4.78, 5) is 30.7. The minimum Gasteiger partial charge on any atom is -0.274 e. The van der Waals surface area contributed by atoms with Gasteiger partial charge < -0.3 is 0 Å². The zero-order valence-electron chi connectivity index (χ0n) is 17.2. The van der Waals surface area contributed by atoms with E-state index in [9.17, 15) is 22.4 Å². The number of nitrogens with zero attached hydrogens (tertiary/aromatic N) is 3. The number of hydrogen-bond acceptors (Lipinski definition) is 5. The molecule has 0 bridgehead atoms. The lowest BCUT2D eigenvalue weighted by atomic mass is 10.1. The average molecular weight is 518 g/mol. The molecule has 0 unspecified atom stereocenters. The van der Waals surface area contributed by atoms with E-state index in [-0.39, 0.29) is 44.8 Å². The number of fused-ring (bicyclic) bond motifs is 2. The van der Waals surface area contributed by atoms with Gasteiger partial charge in [-0.25, -0.2) is 21.8 Å². The van der Waals surface area contributed by atoms with Crippen LogP contribution < -0.4 is 0 Å². The Morgan fingerprint density at radius 1 is 0.882 bits per heavy atom. The van der Waals surface area contributed by atoms with E-state index >= 15 is 0 Å². The Bertz CT molecular complexity index is 1570. The smallest absolute Gasteiger partial charge is 0.269 e. The van der Waals surface area contributed by atoms with Crippen LogP contribution in [0.4, 0.5) is 4.39 Å². The standard InChI is InChI=1S/C23H14Cl2FN3O4S/c24-17-11-19-20(12-18(17)25)29(34(32,33)14-7-5-13(26)6-8-14)21(27-19)9-10-28-22(30)15-3-1-2-4-16(15)23(28)31/h1-8,11-12H,9-10H2. The number of benzene rings is 3. The molecule has 0 N–H and O–H groups in total. The summed E-state index contributed by atoms with van der Waals surface area (Å²) < 4.78 is 41.4. The summed E-state index contributed by atoms with van der Waals surface area (Å²) in [6, 6.07) is 13.6. The van der Waals surface area contributed by atoms with E-state index in [4.69, 9.17) is 23.2 Å². The highest BCUT2D eigenvalue weighted by molar-refractivity contribution is 7.90. The molecule has 172 valence electrons. The van der Waals surface area contributed by atoms with Gasteiger partial charge in [0.25, 0.3) is 21.8 Å². The number of hydrogen-bond donors (Lipinski definition) is 0. The predicted octanol–water partition coefficient (Wildman–Crippen LogP) is 4.56. The summed E-state index contributed by atoms with van der Waals surface area (Å²) in [5.74, 6) is -1.45. The lowest BCUT2D eigenvalue weighted by Gasteiger charge is -2.15. The van der Waals surface area contributed by atoms with E-state index in [0.29, 0.717) is 11.1 Å². The lowest BCUT2D eigenvalue weighted by molar-refractivity contribution is 0.0655. The first-order valence-corrected chi connectivity index (χ1v) is 12.2. The molecular formula is C23H14Cl2FN3O4S. The van der Waals surface area contributed by atoms with Gasteiger partial charge in [0.2, 0.25) is 0 Å². The molecular weight excluding hydrogens is 504 g/mol. The van der Waals surface area contributed by atoms with Gasteiger partial charge in [-0.2, -0.15) is 0 Å². The van der Waals surface area contributed by atoms with Crippen LogP contribution in [0, 0.1) is 5.82 Å². The van der Waals surface area contributed by atoms with Crippen LogP contribution in [0.5, 0.6) is 0 Å². The molecule has 0 aliphatic carbocycles. The fourth-order valence-corrected chi connectivity index (χ4v) is 5.71. The number of aromatic nitrogens is 2. The van der Waals surface area contributed by atoms with Crippen molar-refractivity contribution in [3.63, 3.8) is 0 Å². The summed E-state index contributed by atoms with van der Waals surface area (Å²) in [5.41, 5.74) is 1.01. The molecule has 2 heterocycles. The Kier molecular flexibility index (Phi) is 5.43. The zero-order valence-corrected chi connectivity index (χ0v) is 19.5. The van der Waals surface area contributed by atoms with Crippen LogP contribution in [0.25, 0.3) is 11.0 Å². The molecule has 0 fully saturated rings. The maximum absolute atomic E-state index is 13.5. The molecule has 1 aliphatic rings. The number of halogens is 3. The molecule has 0 saturated carbocycles. The van der Waals surface area contributed by atoms with E-state index < -0.39 is 27.7 Å². The highest BCUT2D eigenvalue weighted by atomic mass is 35.5. The van der Waals surface area contributed by atoms with E-state index in [1.807, 2.05) is 0 Å². The van der Waals surface area contributed by atoms with Crippen LogP contribution in [0.3, 0.4) is 0 Å². The van der Waals surface area contributed by atoms with Crippen molar-refractivity contribution in [3.8, 4) is 0 Å². The maximum atomic E-state index is 13.5. The monoisotopic (exact) mass is 517 g/mol. The van der Waals surface area contributed by atoms with E-state index in [1.54, 1.807) is 24.3 Å². The Morgan fingerprint density at radius 3 is 2.09 bits per heavy atom. The third kappa shape index (κ3) is 3.56. The number of imide groups is 1. The third-order valence-electron chi connectivity index (χ3n) is 5.51. The van der Waals surface area contributed by atoms with Crippen LogP contribution in [-0.2, 0) is 16.4 Å². The zero-order chi connectivity index (χ0) is 24.2. The molecule has 34 heavy (non-hydrogen) atoms. The molecule has 0 spiro atoms. The number of carbonyl (C=O) groups is 2. The highest BCUT2D eigenvalue weighted by Gasteiger charge is 2.35. The van der Waals surface area contributed by atoms with Crippen LogP contribution >= 0.6 is 23.2 Å². The molecule has 0 atom stereocenters. The molecule has 11 heteroatoms. The summed E-state index contributed by atoms with van der Waals surface area (Å²) in [5, 5.41) is 0.307. The van der Waals surface area contributed by atoms with Gasteiger partial charge in [-0.3, -0.25) is 14.5 Å². The number of rotatable bonds is 5. The third-order valence-corrected chi connectivity index (χ3v) is 7.99. The molecule has 1 aromatic heterocycles. The van der Waals surface area contributed by atoms with Crippen LogP contribution in [0.1, 0.15) is 26.5 Å². The van der Waals surface area contributed by atoms with Gasteiger partial charge in [-0.1, -0.05) is 35.3 Å². The van der Waals surface area contributed by atoms with Gasteiger partial charge >= 0.3 is 0 Å². The number of amides is 2. The second kappa shape index (κ2) is 8.19. The minimum absolute atomic E-state index is 0.0597. The molecule has 2 amide bonds. The lowest BCUT2D eigenvalue weighted by Crippen LogP contribution is -2.32. The van der Waals surface area contributed by atoms with Crippen molar-refractivity contribution < 1.29 is 22.4 Å². The highest BCUT2D eigenvalue weighted by Crippen LogP contribution is 2.31. The van der Waals surface area contributed by atoms with Crippen molar-refractivity contribution in [3.05, 3.63) is 93.5 Å². The van der Waals surface area contributed by atoms with Crippen LogP contribution in [-0.4, -0.2) is 40.6 Å². The van der Waals surface area contributed by atoms with Gasteiger partial charge in [0.05, 0.1) is 37.1 Å². The van der Waals surface area contributed by atoms with Gasteiger partial charge in [0.15, 0.2) is 0 Å². The second-order valence-corrected chi connectivity index (χ2v) is 10.2. The molecule has 0 saturated heterocycles. The van der Waals surface area contributed by atoms with Crippen molar-refractivity contribution in [2.24, 2.45) is 0 Å². The van der Waals surface area contributed by atoms with Crippen molar-refractivity contribution in [2.75, 3.05) is 6.54 Å². The largest absolute Gasteiger partial charge is 0.274 e. The van der Waals surface area contributed by atoms with Crippen molar-refractivity contribution in [2.45, 2.75) is 11.3 Å². The number of carbonyl (C=O) groups excluding carboxylic acids is 2. The van der Waals surface area contributed by atoms with E-state index in [0.717, 1.165) is 33.1 Å². The first kappa shape index (κ1) is 22.5. The molecule has 4 aromatic rings. The normalized spacial score (nSPS) is 13.7. The Labute approximate surface area is 203 Å². The van der Waals surface area contributed by atoms with Gasteiger partial charge in [-0.15, -0.1) is 0 Å². The minimum atomic E-state index is -4.23. The van der Waals surface area contributed by atoms with Gasteiger partial charge in [0, 0.05) is 13.0 Å². The average Bonchev–Trinajstić information content (AvgIpc) is 3.28. The van der Waals surface area contributed by atoms with Gasteiger partial charge in [-0.05, 0) is 48.5 Å². The summed E-state index contributed by atoms with van der Waals surface area (Å²) in [7, 11) is -4.23. The quantitative estimate of drug-likeness (QED) is 0.362. The fourth-order valence-electron chi connectivity index (χ4n) is 3.89. The molecule has 5 rings (SSSR count). The topological polar surface area (TPSA) is 89.3 Å². The van der Waals surface area contributed by atoms with Crippen molar-refractivity contribution in [1.29, 1.82) is 0 Å². The molecule has 7 nitrogen and oxygen atoms in total. The summed E-state index contributed by atoms with van der Waals surface area (Å²) in [6.45, 7) is -0.101. The van der Waals surface area contributed by atoms with Crippen LogP contribution in [0.2, 0.25) is 10.0 Å². The summed E-state index contributed by atoms with van der Waals surface area (Å²) in [6.07, 6.45) is -0.0597. The Balaban J connectivity index is 1.58. The predicted molar refractivity (Wildman–Crippen MR) is 124 cm³/mol. The van der Waals surface area contributed by atoms with E-state index in [2.05, 4.69) is 4.98 Å². The van der Waals surface area contributed by atoms with Crippen molar-refractivity contribution >= 4 is 56.1 Å². The Morgan fingerprint density at radius 2 is 1.47 bits per heavy atom. The van der Waals surface area contributed by atoms with Crippen LogP contribution in [0.15, 0.2) is 65.6 Å². The first-order chi connectivity index (χ1) is 16.2. The Hall–Kier alpha value is -3.27.